The van der Waals surface area contributed by atoms with Gasteiger partial charge in [0.25, 0.3) is 0 Å². The fourth-order valence-corrected chi connectivity index (χ4v) is 2.86. The van der Waals surface area contributed by atoms with Gasteiger partial charge in [-0.25, -0.2) is 0 Å². The molecule has 0 saturated heterocycles. The Kier molecular flexibility index (Phi) is 11.1. The third-order valence-electron chi connectivity index (χ3n) is 4.34. The molecular weight excluding hydrogens is 326 g/mol. The van der Waals surface area contributed by atoms with Gasteiger partial charge < -0.3 is 16.0 Å². The van der Waals surface area contributed by atoms with Gasteiger partial charge >= 0.3 is 0 Å². The number of amides is 1. The van der Waals surface area contributed by atoms with E-state index < -0.39 is 0 Å². The highest BCUT2D eigenvalue weighted by Gasteiger charge is 2.18. The summed E-state index contributed by atoms with van der Waals surface area (Å²) in [6.45, 7) is 10.4. The Morgan fingerprint density at radius 3 is 2.31 bits per heavy atom. The minimum absolute atomic E-state index is 0.0695. The van der Waals surface area contributed by atoms with Crippen molar-refractivity contribution < 1.29 is 4.79 Å². The number of nitrogens with zero attached hydrogens (tertiary/aromatic N) is 2. The Bertz CT molecular complexity index is 528. The van der Waals surface area contributed by atoms with Crippen LogP contribution in [0.2, 0.25) is 0 Å². The van der Waals surface area contributed by atoms with Crippen molar-refractivity contribution in [3.05, 3.63) is 35.9 Å². The molecule has 0 bridgehead atoms. The van der Waals surface area contributed by atoms with Gasteiger partial charge in [-0.05, 0) is 25.1 Å². The molecule has 26 heavy (non-hydrogen) atoms. The quantitative estimate of drug-likeness (QED) is 0.417. The van der Waals surface area contributed by atoms with Gasteiger partial charge in [0.15, 0.2) is 5.96 Å². The van der Waals surface area contributed by atoms with E-state index in [9.17, 15) is 4.79 Å². The lowest BCUT2D eigenvalue weighted by atomic mass is 10.1. The zero-order valence-corrected chi connectivity index (χ0v) is 16.7. The summed E-state index contributed by atoms with van der Waals surface area (Å²) in [7, 11) is 1.75. The minimum atomic E-state index is 0.0695. The number of rotatable bonds is 11. The highest BCUT2D eigenvalue weighted by molar-refractivity contribution is 5.81. The van der Waals surface area contributed by atoms with Gasteiger partial charge in [0, 0.05) is 33.1 Å². The maximum Gasteiger partial charge on any atom is 0.221 e. The normalized spacial score (nSPS) is 12.7. The van der Waals surface area contributed by atoms with Crippen LogP contribution in [0.4, 0.5) is 0 Å². The maximum absolute atomic E-state index is 11.7. The predicted octanol–water partition coefficient (Wildman–Crippen LogP) is 2.15. The second-order valence-corrected chi connectivity index (χ2v) is 6.13. The van der Waals surface area contributed by atoms with Crippen LogP contribution in [0, 0.1) is 0 Å². The third kappa shape index (κ3) is 7.87. The summed E-state index contributed by atoms with van der Waals surface area (Å²) >= 11 is 0. The molecule has 146 valence electrons. The molecule has 1 aromatic carbocycles. The minimum Gasteiger partial charge on any atom is -0.356 e. The fraction of sp³-hybridized carbons (Fsp3) is 0.600. The average molecular weight is 362 g/mol. The van der Waals surface area contributed by atoms with Crippen molar-refractivity contribution in [3.8, 4) is 0 Å². The van der Waals surface area contributed by atoms with Crippen molar-refractivity contribution in [3.63, 3.8) is 0 Å². The molecule has 0 aliphatic heterocycles. The van der Waals surface area contributed by atoms with E-state index in [4.69, 9.17) is 0 Å². The summed E-state index contributed by atoms with van der Waals surface area (Å²) in [6.07, 6.45) is 1.40. The molecule has 3 N–H and O–H groups in total. The third-order valence-corrected chi connectivity index (χ3v) is 4.34. The van der Waals surface area contributed by atoms with Crippen molar-refractivity contribution in [2.45, 2.75) is 39.7 Å². The number of guanidine groups is 1. The highest BCUT2D eigenvalue weighted by atomic mass is 16.1. The molecule has 0 fully saturated rings. The van der Waals surface area contributed by atoms with Gasteiger partial charge in [-0.3, -0.25) is 14.7 Å². The molecule has 0 aliphatic carbocycles. The molecule has 0 saturated carbocycles. The van der Waals surface area contributed by atoms with Gasteiger partial charge in [0.05, 0.1) is 6.04 Å². The number of aliphatic imine (C=N–C) groups is 1. The smallest absolute Gasteiger partial charge is 0.221 e. The lowest BCUT2D eigenvalue weighted by molar-refractivity contribution is -0.120. The number of carbonyl (C=O) groups excluding carboxylic acids is 1. The Morgan fingerprint density at radius 2 is 1.73 bits per heavy atom. The summed E-state index contributed by atoms with van der Waals surface area (Å²) in [5, 5.41) is 9.50. The van der Waals surface area contributed by atoms with Crippen molar-refractivity contribution >= 4 is 11.9 Å². The molecule has 0 aliphatic rings. The Balaban J connectivity index is 2.56. The van der Waals surface area contributed by atoms with Crippen LogP contribution in [-0.2, 0) is 4.79 Å². The van der Waals surface area contributed by atoms with Crippen LogP contribution < -0.4 is 16.0 Å². The molecule has 0 heterocycles. The number of benzene rings is 1. The number of nitrogens with one attached hydrogen (secondary N) is 3. The molecule has 1 rings (SSSR count). The molecule has 6 nitrogen and oxygen atoms in total. The number of likely N-dealkylation sites (N-methyl/N-ethyl adjacent to an activating group) is 1. The van der Waals surface area contributed by atoms with Crippen LogP contribution >= 0.6 is 0 Å². The molecular formula is C20H35N5O. The van der Waals surface area contributed by atoms with Crippen molar-refractivity contribution in [1.29, 1.82) is 0 Å². The van der Waals surface area contributed by atoms with E-state index in [-0.39, 0.29) is 11.9 Å². The monoisotopic (exact) mass is 361 g/mol. The summed E-state index contributed by atoms with van der Waals surface area (Å²) in [5.74, 6) is 0.793. The van der Waals surface area contributed by atoms with Crippen LogP contribution in [0.3, 0.4) is 0 Å². The highest BCUT2D eigenvalue weighted by Crippen LogP contribution is 2.19. The molecule has 1 amide bonds. The van der Waals surface area contributed by atoms with Gasteiger partial charge in [-0.15, -0.1) is 0 Å². The first-order valence-corrected chi connectivity index (χ1v) is 9.66. The van der Waals surface area contributed by atoms with Crippen LogP contribution in [0.1, 0.15) is 45.2 Å². The van der Waals surface area contributed by atoms with Gasteiger partial charge in [0.2, 0.25) is 5.91 Å². The fourth-order valence-electron chi connectivity index (χ4n) is 2.86. The van der Waals surface area contributed by atoms with Crippen LogP contribution in [0.15, 0.2) is 35.3 Å². The SMILES string of the molecule is CCCNC(=O)CCNC(=NC)NCC(c1ccccc1)N(CC)CC. The van der Waals surface area contributed by atoms with E-state index in [1.54, 1.807) is 7.05 Å². The molecule has 0 aromatic heterocycles. The summed E-state index contributed by atoms with van der Waals surface area (Å²) in [4.78, 5) is 18.4. The number of hydrogen-bond acceptors (Lipinski definition) is 3. The predicted molar refractivity (Wildman–Crippen MR) is 109 cm³/mol. The van der Waals surface area contributed by atoms with Crippen LogP contribution in [0.5, 0.6) is 0 Å². The van der Waals surface area contributed by atoms with Gasteiger partial charge in [0.1, 0.15) is 0 Å². The van der Waals surface area contributed by atoms with Gasteiger partial charge in [-0.2, -0.15) is 0 Å². The van der Waals surface area contributed by atoms with Crippen molar-refractivity contribution in [2.24, 2.45) is 4.99 Å². The topological polar surface area (TPSA) is 68.8 Å². The van der Waals surface area contributed by atoms with E-state index >= 15 is 0 Å². The Hall–Kier alpha value is -2.08. The molecule has 0 radical (unpaired) electrons. The van der Waals surface area contributed by atoms with Crippen LogP contribution in [-0.4, -0.2) is 56.5 Å². The first-order valence-electron chi connectivity index (χ1n) is 9.66. The lowest BCUT2D eigenvalue weighted by Crippen LogP contribution is -2.44. The average Bonchev–Trinajstić information content (AvgIpc) is 2.68. The van der Waals surface area contributed by atoms with Crippen LogP contribution in [0.25, 0.3) is 0 Å². The molecule has 1 unspecified atom stereocenters. The Labute approximate surface area is 158 Å². The summed E-state index contributed by atoms with van der Waals surface area (Å²) < 4.78 is 0. The van der Waals surface area contributed by atoms with E-state index in [2.05, 4.69) is 64.0 Å². The molecule has 0 spiro atoms. The maximum atomic E-state index is 11.7. The number of hydrogen-bond donors (Lipinski definition) is 3. The first kappa shape index (κ1) is 22.0. The standard InChI is InChI=1S/C20H35N5O/c1-5-14-22-19(26)13-15-23-20(21-4)24-16-18(25(6-2)7-3)17-11-9-8-10-12-17/h8-12,18H,5-7,13-16H2,1-4H3,(H,22,26)(H2,21,23,24). The summed E-state index contributed by atoms with van der Waals surface area (Å²) in [5.41, 5.74) is 1.29. The first-order chi connectivity index (χ1) is 12.7. The van der Waals surface area contributed by atoms with E-state index in [1.807, 2.05) is 13.0 Å². The zero-order valence-electron chi connectivity index (χ0n) is 16.7. The second kappa shape index (κ2) is 13.2. The molecule has 1 atom stereocenters. The number of carbonyl (C=O) groups is 1. The van der Waals surface area contributed by atoms with Crippen molar-refractivity contribution in [1.82, 2.24) is 20.9 Å². The largest absolute Gasteiger partial charge is 0.356 e. The van der Waals surface area contributed by atoms with E-state index in [1.165, 1.54) is 5.56 Å². The summed E-state index contributed by atoms with van der Waals surface area (Å²) in [6, 6.07) is 10.8. The molecule has 6 heteroatoms. The van der Waals surface area contributed by atoms with Crippen molar-refractivity contribution in [2.75, 3.05) is 39.8 Å². The Morgan fingerprint density at radius 1 is 1.04 bits per heavy atom. The van der Waals surface area contributed by atoms with E-state index in [0.29, 0.717) is 13.0 Å². The lowest BCUT2D eigenvalue weighted by Gasteiger charge is -2.30. The van der Waals surface area contributed by atoms with Gasteiger partial charge in [-0.1, -0.05) is 51.1 Å². The van der Waals surface area contributed by atoms with E-state index in [0.717, 1.165) is 38.6 Å². The zero-order chi connectivity index (χ0) is 19.2. The molecule has 1 aromatic rings. The second-order valence-electron chi connectivity index (χ2n) is 6.13.